The highest BCUT2D eigenvalue weighted by Crippen LogP contribution is 2.17. The molecule has 1 amide bonds. The maximum absolute atomic E-state index is 12.0. The lowest BCUT2D eigenvalue weighted by Gasteiger charge is -2.13. The number of ether oxygens (including phenoxy) is 1. The van der Waals surface area contributed by atoms with E-state index in [1.165, 1.54) is 5.56 Å². The van der Waals surface area contributed by atoms with Crippen LogP contribution in [-0.4, -0.2) is 37.4 Å². The highest BCUT2D eigenvalue weighted by Gasteiger charge is 2.14. The number of benzene rings is 1. The molecule has 118 valence electrons. The normalized spacial score (nSPS) is 12.4. The summed E-state index contributed by atoms with van der Waals surface area (Å²) in [7, 11) is 0. The van der Waals surface area contributed by atoms with Crippen molar-refractivity contribution < 1.29 is 14.6 Å². The van der Waals surface area contributed by atoms with Gasteiger partial charge in [-0.1, -0.05) is 38.1 Å². The number of carbonyl (C=O) groups excluding carboxylic acids is 1. The zero-order valence-electron chi connectivity index (χ0n) is 13.3. The van der Waals surface area contributed by atoms with Gasteiger partial charge in [-0.15, -0.1) is 0 Å². The Morgan fingerprint density at radius 3 is 2.43 bits per heavy atom. The van der Waals surface area contributed by atoms with Gasteiger partial charge in [-0.05, 0) is 30.4 Å². The van der Waals surface area contributed by atoms with Crippen LogP contribution in [0.4, 0.5) is 0 Å². The van der Waals surface area contributed by atoms with Gasteiger partial charge in [-0.3, -0.25) is 4.79 Å². The van der Waals surface area contributed by atoms with E-state index in [1.54, 1.807) is 0 Å². The van der Waals surface area contributed by atoms with Crippen LogP contribution in [0.1, 0.15) is 37.8 Å². The van der Waals surface area contributed by atoms with E-state index in [1.807, 2.05) is 19.1 Å². The van der Waals surface area contributed by atoms with Crippen molar-refractivity contribution in [2.45, 2.75) is 33.1 Å². The predicted octanol–water partition coefficient (Wildman–Crippen LogP) is 2.11. The summed E-state index contributed by atoms with van der Waals surface area (Å²) < 4.78 is 5.11. The number of aliphatic hydroxyl groups excluding tert-OH is 1. The molecule has 0 heterocycles. The first-order valence-electron chi connectivity index (χ1n) is 7.59. The van der Waals surface area contributed by atoms with Gasteiger partial charge >= 0.3 is 0 Å². The molecule has 0 saturated heterocycles. The average molecular weight is 293 g/mol. The largest absolute Gasteiger partial charge is 0.394 e. The van der Waals surface area contributed by atoms with Gasteiger partial charge < -0.3 is 15.2 Å². The van der Waals surface area contributed by atoms with E-state index in [-0.39, 0.29) is 18.4 Å². The molecular weight excluding hydrogens is 266 g/mol. The van der Waals surface area contributed by atoms with E-state index in [0.29, 0.717) is 25.7 Å². The number of nitrogens with one attached hydrogen (secondary N) is 1. The number of carbonyl (C=O) groups is 1. The number of aliphatic hydroxyl groups is 1. The summed E-state index contributed by atoms with van der Waals surface area (Å²) >= 11 is 0. The third-order valence-corrected chi connectivity index (χ3v) is 3.30. The Bertz CT molecular complexity index is 415. The first kappa shape index (κ1) is 17.7. The quantitative estimate of drug-likeness (QED) is 0.686. The highest BCUT2D eigenvalue weighted by molar-refractivity contribution is 5.83. The molecule has 0 aromatic heterocycles. The molecule has 0 aliphatic heterocycles. The van der Waals surface area contributed by atoms with E-state index >= 15 is 0 Å². The van der Waals surface area contributed by atoms with Crippen LogP contribution in [0.15, 0.2) is 24.3 Å². The van der Waals surface area contributed by atoms with E-state index in [0.717, 1.165) is 12.0 Å². The van der Waals surface area contributed by atoms with Gasteiger partial charge in [0, 0.05) is 6.54 Å². The zero-order chi connectivity index (χ0) is 15.7. The van der Waals surface area contributed by atoms with Crippen LogP contribution >= 0.6 is 0 Å². The Labute approximate surface area is 127 Å². The summed E-state index contributed by atoms with van der Waals surface area (Å²) in [5.41, 5.74) is 2.33. The lowest BCUT2D eigenvalue weighted by molar-refractivity contribution is -0.122. The molecule has 1 atom stereocenters. The van der Waals surface area contributed by atoms with Gasteiger partial charge in [0.05, 0.1) is 25.7 Å². The summed E-state index contributed by atoms with van der Waals surface area (Å²) in [5, 5.41) is 11.4. The van der Waals surface area contributed by atoms with Crippen molar-refractivity contribution in [2.75, 3.05) is 26.4 Å². The topological polar surface area (TPSA) is 58.6 Å². The molecule has 1 aromatic carbocycles. The molecule has 21 heavy (non-hydrogen) atoms. The van der Waals surface area contributed by atoms with Gasteiger partial charge in [-0.2, -0.15) is 0 Å². The molecule has 4 nitrogen and oxygen atoms in total. The van der Waals surface area contributed by atoms with Gasteiger partial charge in [0.15, 0.2) is 0 Å². The van der Waals surface area contributed by atoms with Crippen molar-refractivity contribution in [1.82, 2.24) is 5.32 Å². The van der Waals surface area contributed by atoms with E-state index < -0.39 is 0 Å². The second-order valence-corrected chi connectivity index (χ2v) is 5.69. The second-order valence-electron chi connectivity index (χ2n) is 5.69. The first-order chi connectivity index (χ1) is 10.0. The van der Waals surface area contributed by atoms with Gasteiger partial charge in [0.25, 0.3) is 0 Å². The van der Waals surface area contributed by atoms with Crippen LogP contribution in [0.2, 0.25) is 0 Å². The van der Waals surface area contributed by atoms with Gasteiger partial charge in [-0.25, -0.2) is 0 Å². The maximum Gasteiger partial charge on any atom is 0.227 e. The fourth-order valence-electron chi connectivity index (χ4n) is 2.13. The Morgan fingerprint density at radius 1 is 1.19 bits per heavy atom. The Balaban J connectivity index is 2.42. The zero-order valence-corrected chi connectivity index (χ0v) is 13.3. The molecule has 0 fully saturated rings. The summed E-state index contributed by atoms with van der Waals surface area (Å²) in [6, 6.07) is 8.27. The molecule has 0 saturated carbocycles. The molecule has 0 radical (unpaired) electrons. The minimum Gasteiger partial charge on any atom is -0.394 e. The molecule has 0 spiro atoms. The molecule has 1 aromatic rings. The van der Waals surface area contributed by atoms with Crippen LogP contribution in [0.25, 0.3) is 0 Å². The molecular formula is C17H27NO3. The summed E-state index contributed by atoms with van der Waals surface area (Å²) in [6.45, 7) is 7.50. The Morgan fingerprint density at radius 2 is 1.86 bits per heavy atom. The third kappa shape index (κ3) is 6.74. The highest BCUT2D eigenvalue weighted by atomic mass is 16.5. The monoisotopic (exact) mass is 293 g/mol. The molecule has 4 heteroatoms. The van der Waals surface area contributed by atoms with E-state index in [2.05, 4.69) is 31.3 Å². The van der Waals surface area contributed by atoms with Crippen molar-refractivity contribution >= 4 is 5.91 Å². The van der Waals surface area contributed by atoms with Crippen molar-refractivity contribution in [3.8, 4) is 0 Å². The van der Waals surface area contributed by atoms with Crippen molar-refractivity contribution in [1.29, 1.82) is 0 Å². The lowest BCUT2D eigenvalue weighted by atomic mass is 9.96. The molecule has 0 unspecified atom stereocenters. The summed E-state index contributed by atoms with van der Waals surface area (Å²) in [5.74, 6) is 0.464. The van der Waals surface area contributed by atoms with Crippen LogP contribution < -0.4 is 5.32 Å². The maximum atomic E-state index is 12.0. The van der Waals surface area contributed by atoms with E-state index in [4.69, 9.17) is 9.84 Å². The molecule has 1 rings (SSSR count). The minimum atomic E-state index is -0.170. The Hall–Kier alpha value is -1.39. The average Bonchev–Trinajstić information content (AvgIpc) is 2.46. The second kappa shape index (κ2) is 9.53. The number of hydrogen-bond donors (Lipinski definition) is 2. The number of hydrogen-bond acceptors (Lipinski definition) is 3. The lowest BCUT2D eigenvalue weighted by Crippen LogP contribution is -2.31. The van der Waals surface area contributed by atoms with Crippen LogP contribution in [0.5, 0.6) is 0 Å². The van der Waals surface area contributed by atoms with Crippen LogP contribution in [0, 0.1) is 5.92 Å². The first-order valence-corrected chi connectivity index (χ1v) is 7.59. The van der Waals surface area contributed by atoms with Gasteiger partial charge in [0.1, 0.15) is 0 Å². The van der Waals surface area contributed by atoms with Gasteiger partial charge in [0.2, 0.25) is 5.91 Å². The third-order valence-electron chi connectivity index (χ3n) is 3.30. The predicted molar refractivity (Wildman–Crippen MR) is 84.3 cm³/mol. The standard InChI is InChI=1S/C17H27NO3/c1-13(2)12-15-4-6-16(7-5-15)14(3)17(20)18-8-10-21-11-9-19/h4-7,13-14,19H,8-12H2,1-3H3,(H,18,20)/t14-/m1/s1. The fraction of sp³-hybridized carbons (Fsp3) is 0.588. The minimum absolute atomic E-state index is 0.000733. The SMILES string of the molecule is CC(C)Cc1ccc([C@@H](C)C(=O)NCCOCCO)cc1. The number of amides is 1. The fourth-order valence-corrected chi connectivity index (χ4v) is 2.13. The van der Waals surface area contributed by atoms with Crippen molar-refractivity contribution in [2.24, 2.45) is 5.92 Å². The molecule has 0 bridgehead atoms. The van der Waals surface area contributed by atoms with Crippen LogP contribution in [0.3, 0.4) is 0 Å². The van der Waals surface area contributed by atoms with Crippen molar-refractivity contribution in [3.63, 3.8) is 0 Å². The smallest absolute Gasteiger partial charge is 0.227 e. The Kier molecular flexibility index (Phi) is 8.01. The summed E-state index contributed by atoms with van der Waals surface area (Å²) in [6.07, 6.45) is 1.06. The number of rotatable bonds is 9. The molecule has 0 aliphatic rings. The van der Waals surface area contributed by atoms with Crippen LogP contribution in [-0.2, 0) is 16.0 Å². The van der Waals surface area contributed by atoms with Crippen molar-refractivity contribution in [3.05, 3.63) is 35.4 Å². The molecule has 2 N–H and O–H groups in total. The molecule has 0 aliphatic carbocycles. The van der Waals surface area contributed by atoms with E-state index in [9.17, 15) is 4.79 Å². The summed E-state index contributed by atoms with van der Waals surface area (Å²) in [4.78, 5) is 12.0.